The van der Waals surface area contributed by atoms with E-state index in [0.717, 1.165) is 0 Å². The van der Waals surface area contributed by atoms with Crippen LogP contribution in [0.3, 0.4) is 0 Å². The number of likely N-dealkylation sites (N-methyl/N-ethyl adjacent to an activating group) is 1. The monoisotopic (exact) mass is 186 g/mol. The van der Waals surface area contributed by atoms with Gasteiger partial charge in [0.05, 0.1) is 19.7 Å². The highest BCUT2D eigenvalue weighted by atomic mass is 16.3. The number of aliphatic hydroxyl groups is 1. The van der Waals surface area contributed by atoms with Crippen molar-refractivity contribution in [2.24, 2.45) is 0 Å². The Labute approximate surface area is 76.9 Å². The van der Waals surface area contributed by atoms with Crippen LogP contribution in [-0.2, 0) is 9.59 Å². The first-order valence-corrected chi connectivity index (χ1v) is 4.35. The first-order chi connectivity index (χ1) is 6.19. The first kappa shape index (κ1) is 9.98. The summed E-state index contributed by atoms with van der Waals surface area (Å²) in [5.41, 5.74) is 0. The highest BCUT2D eigenvalue weighted by molar-refractivity contribution is 5.92. The van der Waals surface area contributed by atoms with Crippen LogP contribution >= 0.6 is 0 Å². The Morgan fingerprint density at radius 1 is 1.23 bits per heavy atom. The molecule has 0 aliphatic carbocycles. The molecule has 5 nitrogen and oxygen atoms in total. The first-order valence-electron chi connectivity index (χ1n) is 4.35. The molecule has 1 N–H and O–H groups in total. The molecule has 0 spiro atoms. The number of carbonyl (C=O) groups excluding carboxylic acids is 2. The molecule has 1 rings (SSSR count). The lowest BCUT2D eigenvalue weighted by atomic mass is 10.3. The summed E-state index contributed by atoms with van der Waals surface area (Å²) in [5.74, 6) is -0.133. The van der Waals surface area contributed by atoms with Crippen molar-refractivity contribution in [1.29, 1.82) is 0 Å². The Kier molecular flexibility index (Phi) is 3.25. The van der Waals surface area contributed by atoms with E-state index >= 15 is 0 Å². The number of amides is 2. The van der Waals surface area contributed by atoms with Crippen molar-refractivity contribution in [3.05, 3.63) is 0 Å². The summed E-state index contributed by atoms with van der Waals surface area (Å²) in [6.45, 7) is 2.82. The van der Waals surface area contributed by atoms with Crippen LogP contribution in [0.2, 0.25) is 0 Å². The quantitative estimate of drug-likeness (QED) is 0.594. The minimum atomic E-state index is -0.0921. The molecular formula is C8H14N2O3. The van der Waals surface area contributed by atoms with Gasteiger partial charge < -0.3 is 14.9 Å². The lowest BCUT2D eigenvalue weighted by molar-refractivity contribution is -0.150. The van der Waals surface area contributed by atoms with Crippen LogP contribution in [0.5, 0.6) is 0 Å². The highest BCUT2D eigenvalue weighted by Crippen LogP contribution is 2.03. The second-order valence-corrected chi connectivity index (χ2v) is 2.95. The molecule has 1 aliphatic heterocycles. The maximum atomic E-state index is 11.3. The van der Waals surface area contributed by atoms with Crippen molar-refractivity contribution in [3.63, 3.8) is 0 Å². The average molecular weight is 186 g/mol. The topological polar surface area (TPSA) is 60.9 Å². The largest absolute Gasteiger partial charge is 0.395 e. The van der Waals surface area contributed by atoms with Crippen molar-refractivity contribution in [1.82, 2.24) is 9.80 Å². The van der Waals surface area contributed by atoms with Gasteiger partial charge in [0.15, 0.2) is 0 Å². The van der Waals surface area contributed by atoms with E-state index in [1.54, 1.807) is 0 Å². The van der Waals surface area contributed by atoms with Crippen LogP contribution in [0.4, 0.5) is 0 Å². The molecule has 0 aromatic carbocycles. The number of β-amino-alcohol motifs (C(OH)–C–C–N with tert-alkyl or cyclic N) is 1. The summed E-state index contributed by atoms with van der Waals surface area (Å²) in [5, 5.41) is 8.63. The summed E-state index contributed by atoms with van der Waals surface area (Å²) in [6.07, 6.45) is 0. The van der Waals surface area contributed by atoms with E-state index in [1.165, 1.54) is 9.80 Å². The smallest absolute Gasteiger partial charge is 0.242 e. The molecule has 1 fully saturated rings. The number of hydrogen-bond donors (Lipinski definition) is 1. The second kappa shape index (κ2) is 4.23. The molecule has 74 valence electrons. The molecule has 13 heavy (non-hydrogen) atoms. The predicted octanol–water partition coefficient (Wildman–Crippen LogP) is -1.33. The van der Waals surface area contributed by atoms with Crippen molar-refractivity contribution in [2.75, 3.05) is 32.8 Å². The Balaban J connectivity index is 2.56. The normalized spacial score (nSPS) is 18.3. The molecule has 2 amide bonds. The summed E-state index contributed by atoms with van der Waals surface area (Å²) < 4.78 is 0. The molecule has 0 aromatic heterocycles. The van der Waals surface area contributed by atoms with E-state index in [2.05, 4.69) is 0 Å². The van der Waals surface area contributed by atoms with E-state index < -0.39 is 0 Å². The van der Waals surface area contributed by atoms with E-state index in [9.17, 15) is 9.59 Å². The predicted molar refractivity (Wildman–Crippen MR) is 45.9 cm³/mol. The van der Waals surface area contributed by atoms with Crippen LogP contribution in [-0.4, -0.2) is 59.5 Å². The van der Waals surface area contributed by atoms with Gasteiger partial charge in [-0.3, -0.25) is 9.59 Å². The van der Waals surface area contributed by atoms with Gasteiger partial charge in [0.2, 0.25) is 11.8 Å². The Morgan fingerprint density at radius 3 is 2.31 bits per heavy atom. The molecule has 0 aromatic rings. The van der Waals surface area contributed by atoms with E-state index in [-0.39, 0.29) is 38.1 Å². The van der Waals surface area contributed by atoms with Crippen LogP contribution in [0.15, 0.2) is 0 Å². The molecule has 0 radical (unpaired) electrons. The molecule has 1 saturated heterocycles. The fourth-order valence-corrected chi connectivity index (χ4v) is 1.32. The minimum absolute atomic E-state index is 0.0458. The summed E-state index contributed by atoms with van der Waals surface area (Å²) >= 11 is 0. The highest BCUT2D eigenvalue weighted by Gasteiger charge is 2.27. The summed E-state index contributed by atoms with van der Waals surface area (Å²) in [7, 11) is 0. The Hall–Kier alpha value is -1.10. The van der Waals surface area contributed by atoms with Gasteiger partial charge in [-0.2, -0.15) is 0 Å². The van der Waals surface area contributed by atoms with Crippen LogP contribution < -0.4 is 0 Å². The van der Waals surface area contributed by atoms with Crippen molar-refractivity contribution in [3.8, 4) is 0 Å². The molecule has 0 bridgehead atoms. The number of nitrogens with zero attached hydrogens (tertiary/aromatic N) is 2. The third kappa shape index (κ3) is 2.18. The van der Waals surface area contributed by atoms with E-state index in [1.807, 2.05) is 6.92 Å². The lowest BCUT2D eigenvalue weighted by Crippen LogP contribution is -2.54. The minimum Gasteiger partial charge on any atom is -0.395 e. The zero-order chi connectivity index (χ0) is 9.84. The van der Waals surface area contributed by atoms with E-state index in [4.69, 9.17) is 5.11 Å². The van der Waals surface area contributed by atoms with Gasteiger partial charge in [0.1, 0.15) is 0 Å². The van der Waals surface area contributed by atoms with Gasteiger partial charge in [-0.25, -0.2) is 0 Å². The van der Waals surface area contributed by atoms with Crippen molar-refractivity contribution in [2.45, 2.75) is 6.92 Å². The Morgan fingerprint density at radius 2 is 1.77 bits per heavy atom. The van der Waals surface area contributed by atoms with Crippen LogP contribution in [0.1, 0.15) is 6.92 Å². The summed E-state index contributed by atoms with van der Waals surface area (Å²) in [6, 6.07) is 0. The molecule has 0 atom stereocenters. The third-order valence-electron chi connectivity index (χ3n) is 2.11. The van der Waals surface area contributed by atoms with Crippen molar-refractivity contribution >= 4 is 11.8 Å². The third-order valence-corrected chi connectivity index (χ3v) is 2.11. The van der Waals surface area contributed by atoms with Gasteiger partial charge >= 0.3 is 0 Å². The molecule has 0 unspecified atom stereocenters. The maximum Gasteiger partial charge on any atom is 0.242 e. The number of piperazine rings is 1. The van der Waals surface area contributed by atoms with Gasteiger partial charge in [-0.1, -0.05) is 0 Å². The Bertz CT molecular complexity index is 217. The van der Waals surface area contributed by atoms with Gasteiger partial charge in [-0.15, -0.1) is 0 Å². The van der Waals surface area contributed by atoms with Crippen molar-refractivity contribution < 1.29 is 14.7 Å². The maximum absolute atomic E-state index is 11.3. The van der Waals surface area contributed by atoms with Gasteiger partial charge in [0.25, 0.3) is 0 Å². The fraction of sp³-hybridized carbons (Fsp3) is 0.750. The standard InChI is InChI=1S/C8H14N2O3/c1-2-9-5-8(13)10(3-4-11)6-7(9)12/h11H,2-6H2,1H3. The van der Waals surface area contributed by atoms with Gasteiger partial charge in [0, 0.05) is 13.1 Å². The molecule has 1 heterocycles. The molecule has 1 aliphatic rings. The molecule has 0 saturated carbocycles. The van der Waals surface area contributed by atoms with E-state index in [0.29, 0.717) is 6.54 Å². The molecular weight excluding hydrogens is 172 g/mol. The molecule has 5 heteroatoms. The number of aliphatic hydroxyl groups excluding tert-OH is 1. The lowest BCUT2D eigenvalue weighted by Gasteiger charge is -2.32. The number of carbonyl (C=O) groups is 2. The second-order valence-electron chi connectivity index (χ2n) is 2.95. The zero-order valence-corrected chi connectivity index (χ0v) is 7.69. The summed E-state index contributed by atoms with van der Waals surface area (Å²) in [4.78, 5) is 25.5. The van der Waals surface area contributed by atoms with Gasteiger partial charge in [-0.05, 0) is 6.92 Å². The number of hydrogen-bond acceptors (Lipinski definition) is 3. The SMILES string of the molecule is CCN1CC(=O)N(CCO)CC1=O. The van der Waals surface area contributed by atoms with Crippen LogP contribution in [0, 0.1) is 0 Å². The fourth-order valence-electron chi connectivity index (χ4n) is 1.32. The zero-order valence-electron chi connectivity index (χ0n) is 7.69. The van der Waals surface area contributed by atoms with Crippen LogP contribution in [0.25, 0.3) is 0 Å². The number of rotatable bonds is 3. The average Bonchev–Trinajstić information content (AvgIpc) is 2.11.